The molecule has 0 atom stereocenters. The van der Waals surface area contributed by atoms with Crippen LogP contribution in [0.15, 0.2) is 48.8 Å². The Labute approximate surface area is 90.0 Å². The lowest BCUT2D eigenvalue weighted by Crippen LogP contribution is -1.99. The van der Waals surface area contributed by atoms with Gasteiger partial charge in [0.25, 0.3) is 0 Å². The van der Waals surface area contributed by atoms with Gasteiger partial charge in [0, 0.05) is 24.6 Å². The summed E-state index contributed by atoms with van der Waals surface area (Å²) in [4.78, 5) is 3.99. The fourth-order valence-electron chi connectivity index (χ4n) is 1.46. The second-order valence-electron chi connectivity index (χ2n) is 3.58. The van der Waals surface area contributed by atoms with Gasteiger partial charge in [-0.15, -0.1) is 0 Å². The number of hydrogen-bond donors (Lipinski definition) is 1. The minimum atomic E-state index is 0.839. The van der Waals surface area contributed by atoms with Crippen molar-refractivity contribution in [3.8, 4) is 0 Å². The molecule has 0 amide bonds. The van der Waals surface area contributed by atoms with E-state index in [1.165, 1.54) is 11.1 Å². The molecular weight excluding hydrogens is 184 g/mol. The number of pyridine rings is 1. The molecule has 2 rings (SSSR count). The number of aryl methyl sites for hydroxylation is 1. The van der Waals surface area contributed by atoms with Gasteiger partial charge in [-0.25, -0.2) is 0 Å². The van der Waals surface area contributed by atoms with Crippen LogP contribution in [0.5, 0.6) is 0 Å². The lowest BCUT2D eigenvalue weighted by atomic mass is 10.2. The van der Waals surface area contributed by atoms with Crippen LogP contribution < -0.4 is 5.32 Å². The Morgan fingerprint density at radius 1 is 1.13 bits per heavy atom. The molecule has 2 nitrogen and oxygen atoms in total. The van der Waals surface area contributed by atoms with Gasteiger partial charge in [-0.1, -0.05) is 12.1 Å². The minimum Gasteiger partial charge on any atom is -0.381 e. The van der Waals surface area contributed by atoms with Crippen LogP contribution in [0.25, 0.3) is 0 Å². The van der Waals surface area contributed by atoms with Crippen molar-refractivity contribution in [2.24, 2.45) is 0 Å². The van der Waals surface area contributed by atoms with E-state index in [0.717, 1.165) is 12.2 Å². The number of anilines is 1. The van der Waals surface area contributed by atoms with Gasteiger partial charge < -0.3 is 5.32 Å². The molecule has 76 valence electrons. The normalized spacial score (nSPS) is 9.93. The zero-order valence-corrected chi connectivity index (χ0v) is 8.77. The molecule has 0 saturated heterocycles. The zero-order valence-electron chi connectivity index (χ0n) is 8.77. The van der Waals surface area contributed by atoms with Gasteiger partial charge in [0.05, 0.1) is 0 Å². The van der Waals surface area contributed by atoms with Crippen molar-refractivity contribution in [2.75, 3.05) is 5.32 Å². The van der Waals surface area contributed by atoms with Gasteiger partial charge in [-0.3, -0.25) is 4.98 Å². The lowest BCUT2D eigenvalue weighted by molar-refractivity contribution is 1.13. The molecule has 0 radical (unpaired) electrons. The highest BCUT2D eigenvalue weighted by Gasteiger charge is 1.93. The monoisotopic (exact) mass is 198 g/mol. The van der Waals surface area contributed by atoms with Gasteiger partial charge >= 0.3 is 0 Å². The van der Waals surface area contributed by atoms with Crippen LogP contribution in [0.2, 0.25) is 0 Å². The molecule has 1 aromatic carbocycles. The number of aromatic nitrogens is 1. The molecule has 0 aliphatic heterocycles. The summed E-state index contributed by atoms with van der Waals surface area (Å²) in [7, 11) is 0. The molecule has 0 fully saturated rings. The van der Waals surface area contributed by atoms with Crippen LogP contribution in [0.3, 0.4) is 0 Å². The van der Waals surface area contributed by atoms with E-state index < -0.39 is 0 Å². The van der Waals surface area contributed by atoms with Crippen LogP contribution in [-0.2, 0) is 6.54 Å². The van der Waals surface area contributed by atoms with E-state index >= 15 is 0 Å². The number of hydrogen-bond acceptors (Lipinski definition) is 2. The van der Waals surface area contributed by atoms with Crippen LogP contribution in [0.1, 0.15) is 11.1 Å². The average Bonchev–Trinajstić information content (AvgIpc) is 2.28. The highest BCUT2D eigenvalue weighted by Crippen LogP contribution is 2.10. The maximum atomic E-state index is 3.99. The first-order valence-corrected chi connectivity index (χ1v) is 5.04. The Balaban J connectivity index is 1.99. The lowest BCUT2D eigenvalue weighted by Gasteiger charge is -2.06. The van der Waals surface area contributed by atoms with Crippen molar-refractivity contribution in [1.29, 1.82) is 0 Å². The third-order valence-electron chi connectivity index (χ3n) is 2.26. The molecule has 2 aromatic rings. The minimum absolute atomic E-state index is 0.839. The zero-order chi connectivity index (χ0) is 10.5. The van der Waals surface area contributed by atoms with Gasteiger partial charge in [-0.05, 0) is 42.3 Å². The summed E-state index contributed by atoms with van der Waals surface area (Å²) in [6.45, 7) is 2.93. The van der Waals surface area contributed by atoms with E-state index in [-0.39, 0.29) is 0 Å². The second kappa shape index (κ2) is 4.60. The average molecular weight is 198 g/mol. The van der Waals surface area contributed by atoms with E-state index in [4.69, 9.17) is 0 Å². The third kappa shape index (κ3) is 2.81. The molecule has 15 heavy (non-hydrogen) atoms. The van der Waals surface area contributed by atoms with Gasteiger partial charge in [0.2, 0.25) is 0 Å². The van der Waals surface area contributed by atoms with Crippen molar-refractivity contribution in [1.82, 2.24) is 4.98 Å². The Hall–Kier alpha value is -1.83. The fraction of sp³-hybridized carbons (Fsp3) is 0.154. The highest BCUT2D eigenvalue weighted by atomic mass is 14.9. The van der Waals surface area contributed by atoms with Crippen molar-refractivity contribution < 1.29 is 0 Å². The van der Waals surface area contributed by atoms with Crippen molar-refractivity contribution in [2.45, 2.75) is 13.5 Å². The predicted octanol–water partition coefficient (Wildman–Crippen LogP) is 3.00. The summed E-state index contributed by atoms with van der Waals surface area (Å²) in [6.07, 6.45) is 3.63. The molecule has 0 spiro atoms. The smallest absolute Gasteiger partial charge is 0.0401 e. The Kier molecular flexibility index (Phi) is 2.98. The van der Waals surface area contributed by atoms with Crippen molar-refractivity contribution in [3.63, 3.8) is 0 Å². The van der Waals surface area contributed by atoms with E-state index in [0.29, 0.717) is 0 Å². The number of rotatable bonds is 3. The first-order valence-electron chi connectivity index (χ1n) is 5.04. The maximum Gasteiger partial charge on any atom is 0.0401 e. The van der Waals surface area contributed by atoms with Crippen LogP contribution >= 0.6 is 0 Å². The van der Waals surface area contributed by atoms with Crippen LogP contribution in [0, 0.1) is 6.92 Å². The summed E-state index contributed by atoms with van der Waals surface area (Å²) in [6, 6.07) is 12.4. The largest absolute Gasteiger partial charge is 0.381 e. The molecule has 1 heterocycles. The molecule has 1 aromatic heterocycles. The number of nitrogens with one attached hydrogen (secondary N) is 1. The highest BCUT2D eigenvalue weighted by molar-refractivity contribution is 5.45. The predicted molar refractivity (Wildman–Crippen MR) is 62.7 cm³/mol. The maximum absolute atomic E-state index is 3.99. The van der Waals surface area contributed by atoms with Gasteiger partial charge in [0.15, 0.2) is 0 Å². The first kappa shape index (κ1) is 9.71. The molecule has 0 unspecified atom stereocenters. The van der Waals surface area contributed by atoms with E-state index in [9.17, 15) is 0 Å². The number of nitrogens with zero attached hydrogens (tertiary/aromatic N) is 1. The standard InChI is InChI=1S/C13H14N2/c1-11-3-2-4-13(9-11)15-10-12-5-7-14-8-6-12/h2-9,15H,10H2,1H3. The molecule has 0 aliphatic rings. The van der Waals surface area contributed by atoms with E-state index in [1.807, 2.05) is 24.5 Å². The molecule has 0 saturated carbocycles. The molecule has 0 bridgehead atoms. The molecule has 1 N–H and O–H groups in total. The fourth-order valence-corrected chi connectivity index (χ4v) is 1.46. The van der Waals surface area contributed by atoms with E-state index in [1.54, 1.807) is 0 Å². The summed E-state index contributed by atoms with van der Waals surface area (Å²) < 4.78 is 0. The summed E-state index contributed by atoms with van der Waals surface area (Å²) in [5.74, 6) is 0. The summed E-state index contributed by atoms with van der Waals surface area (Å²) in [5, 5.41) is 3.37. The van der Waals surface area contributed by atoms with Crippen molar-refractivity contribution in [3.05, 3.63) is 59.9 Å². The van der Waals surface area contributed by atoms with E-state index in [2.05, 4.69) is 41.5 Å². The first-order chi connectivity index (χ1) is 7.34. The Bertz CT molecular complexity index is 424. The van der Waals surface area contributed by atoms with Gasteiger partial charge in [-0.2, -0.15) is 0 Å². The molecular formula is C13H14N2. The Morgan fingerprint density at radius 3 is 2.67 bits per heavy atom. The number of benzene rings is 1. The van der Waals surface area contributed by atoms with Gasteiger partial charge in [0.1, 0.15) is 0 Å². The summed E-state index contributed by atoms with van der Waals surface area (Å²) >= 11 is 0. The third-order valence-corrected chi connectivity index (χ3v) is 2.26. The van der Waals surface area contributed by atoms with Crippen LogP contribution in [-0.4, -0.2) is 4.98 Å². The van der Waals surface area contributed by atoms with Crippen LogP contribution in [0.4, 0.5) is 5.69 Å². The second-order valence-corrected chi connectivity index (χ2v) is 3.58. The molecule has 0 aliphatic carbocycles. The Morgan fingerprint density at radius 2 is 1.93 bits per heavy atom. The SMILES string of the molecule is Cc1cccc(NCc2ccncc2)c1. The topological polar surface area (TPSA) is 24.9 Å². The molecule has 2 heteroatoms. The summed E-state index contributed by atoms with van der Waals surface area (Å²) in [5.41, 5.74) is 3.67. The van der Waals surface area contributed by atoms with Crippen molar-refractivity contribution >= 4 is 5.69 Å². The quantitative estimate of drug-likeness (QED) is 0.820.